The van der Waals surface area contributed by atoms with Crippen LogP contribution in [0, 0.1) is 5.92 Å². The number of carboxylic acid groups (broad SMARTS) is 1. The highest BCUT2D eigenvalue weighted by molar-refractivity contribution is 5.70. The van der Waals surface area contributed by atoms with Crippen LogP contribution in [0.1, 0.15) is 23.6 Å². The van der Waals surface area contributed by atoms with Crippen molar-refractivity contribution >= 4 is 5.97 Å². The summed E-state index contributed by atoms with van der Waals surface area (Å²) in [6, 6.07) is 18.0. The van der Waals surface area contributed by atoms with Gasteiger partial charge in [0.25, 0.3) is 0 Å². The van der Waals surface area contributed by atoms with Gasteiger partial charge < -0.3 is 15.2 Å². The lowest BCUT2D eigenvalue weighted by molar-refractivity contribution is -0.141. The van der Waals surface area contributed by atoms with E-state index in [-0.39, 0.29) is 12.0 Å². The summed E-state index contributed by atoms with van der Waals surface area (Å²) in [6.45, 7) is 1.05. The molecule has 0 amide bonds. The van der Waals surface area contributed by atoms with Crippen LogP contribution in [-0.4, -0.2) is 17.6 Å². The quantitative estimate of drug-likeness (QED) is 0.890. The molecular formula is C18H19NO3. The summed E-state index contributed by atoms with van der Waals surface area (Å²) in [4.78, 5) is 11.0. The van der Waals surface area contributed by atoms with Crippen molar-refractivity contribution in [1.82, 2.24) is 5.32 Å². The lowest BCUT2D eigenvalue weighted by Crippen LogP contribution is -2.17. The van der Waals surface area contributed by atoms with E-state index in [0.29, 0.717) is 19.6 Å². The van der Waals surface area contributed by atoms with Gasteiger partial charge in [-0.1, -0.05) is 42.5 Å². The van der Waals surface area contributed by atoms with Crippen molar-refractivity contribution in [2.45, 2.75) is 19.1 Å². The van der Waals surface area contributed by atoms with E-state index >= 15 is 0 Å². The van der Waals surface area contributed by atoms with Crippen LogP contribution >= 0.6 is 0 Å². The molecule has 2 atom stereocenters. The van der Waals surface area contributed by atoms with Gasteiger partial charge in [-0.15, -0.1) is 0 Å². The topological polar surface area (TPSA) is 58.6 Å². The van der Waals surface area contributed by atoms with Gasteiger partial charge in [0, 0.05) is 12.6 Å². The maximum absolute atomic E-state index is 11.0. The van der Waals surface area contributed by atoms with Crippen molar-refractivity contribution < 1.29 is 14.6 Å². The molecule has 22 heavy (non-hydrogen) atoms. The van der Waals surface area contributed by atoms with Gasteiger partial charge in [0.2, 0.25) is 0 Å². The second-order valence-corrected chi connectivity index (χ2v) is 5.58. The molecule has 114 valence electrons. The number of carboxylic acids is 1. The molecule has 4 heteroatoms. The molecular weight excluding hydrogens is 278 g/mol. The van der Waals surface area contributed by atoms with Crippen molar-refractivity contribution in [1.29, 1.82) is 0 Å². The third kappa shape index (κ3) is 3.46. The van der Waals surface area contributed by atoms with Crippen molar-refractivity contribution in [2.75, 3.05) is 6.54 Å². The number of benzene rings is 2. The van der Waals surface area contributed by atoms with Crippen LogP contribution in [0.5, 0.6) is 5.75 Å². The Hall–Kier alpha value is -2.33. The Morgan fingerprint density at radius 1 is 1.18 bits per heavy atom. The van der Waals surface area contributed by atoms with Gasteiger partial charge >= 0.3 is 5.97 Å². The summed E-state index contributed by atoms with van der Waals surface area (Å²) in [7, 11) is 0. The first-order valence-electron chi connectivity index (χ1n) is 7.45. The van der Waals surface area contributed by atoms with E-state index in [4.69, 9.17) is 9.84 Å². The van der Waals surface area contributed by atoms with Crippen molar-refractivity contribution in [3.05, 3.63) is 65.7 Å². The van der Waals surface area contributed by atoms with E-state index < -0.39 is 5.97 Å². The molecule has 2 unspecified atom stereocenters. The Labute approximate surface area is 129 Å². The summed E-state index contributed by atoms with van der Waals surface area (Å²) in [5, 5.41) is 12.3. The van der Waals surface area contributed by atoms with E-state index in [1.165, 1.54) is 0 Å². The first kappa shape index (κ1) is 14.6. The fourth-order valence-corrected chi connectivity index (χ4v) is 2.74. The second-order valence-electron chi connectivity index (χ2n) is 5.58. The first-order chi connectivity index (χ1) is 10.7. The number of aliphatic carboxylic acids is 1. The molecule has 0 aromatic heterocycles. The Morgan fingerprint density at radius 3 is 2.73 bits per heavy atom. The average Bonchev–Trinajstić information content (AvgIpc) is 3.05. The van der Waals surface area contributed by atoms with Crippen LogP contribution in [0.2, 0.25) is 0 Å². The summed E-state index contributed by atoms with van der Waals surface area (Å²) < 4.78 is 5.82. The third-order valence-electron chi connectivity index (χ3n) is 3.99. The zero-order valence-corrected chi connectivity index (χ0v) is 12.2. The highest BCUT2D eigenvalue weighted by atomic mass is 16.5. The van der Waals surface area contributed by atoms with Gasteiger partial charge in [0.15, 0.2) is 0 Å². The van der Waals surface area contributed by atoms with Gasteiger partial charge in [-0.2, -0.15) is 0 Å². The second kappa shape index (κ2) is 6.62. The SMILES string of the molecule is O=C(O)C1CNC(c2cccc(OCc3ccccc3)c2)C1. The number of ether oxygens (including phenoxy) is 1. The summed E-state index contributed by atoms with van der Waals surface area (Å²) in [5.41, 5.74) is 2.20. The largest absolute Gasteiger partial charge is 0.489 e. The molecule has 1 aliphatic rings. The molecule has 2 aromatic rings. The minimum atomic E-state index is -0.730. The number of rotatable bonds is 5. The maximum Gasteiger partial charge on any atom is 0.307 e. The minimum absolute atomic E-state index is 0.0846. The van der Waals surface area contributed by atoms with Crippen LogP contribution in [0.4, 0.5) is 0 Å². The molecule has 1 saturated heterocycles. The number of nitrogens with one attached hydrogen (secondary N) is 1. The zero-order valence-electron chi connectivity index (χ0n) is 12.2. The van der Waals surface area contributed by atoms with Gasteiger partial charge in [-0.25, -0.2) is 0 Å². The van der Waals surface area contributed by atoms with Gasteiger partial charge in [0.05, 0.1) is 5.92 Å². The Kier molecular flexibility index (Phi) is 4.39. The van der Waals surface area contributed by atoms with Crippen LogP contribution in [0.25, 0.3) is 0 Å². The standard InChI is InChI=1S/C18H19NO3/c20-18(21)15-10-17(19-11-15)14-7-4-8-16(9-14)22-12-13-5-2-1-3-6-13/h1-9,15,17,19H,10-12H2,(H,20,21). The van der Waals surface area contributed by atoms with E-state index in [2.05, 4.69) is 5.32 Å². The Bertz CT molecular complexity index is 642. The number of carbonyl (C=O) groups is 1. The molecule has 0 bridgehead atoms. The lowest BCUT2D eigenvalue weighted by Gasteiger charge is -2.13. The minimum Gasteiger partial charge on any atom is -0.489 e. The molecule has 4 nitrogen and oxygen atoms in total. The first-order valence-corrected chi connectivity index (χ1v) is 7.45. The van der Waals surface area contributed by atoms with Crippen LogP contribution in [-0.2, 0) is 11.4 Å². The van der Waals surface area contributed by atoms with Crippen LogP contribution in [0.15, 0.2) is 54.6 Å². The smallest absolute Gasteiger partial charge is 0.307 e. The molecule has 0 spiro atoms. The highest BCUT2D eigenvalue weighted by Crippen LogP contribution is 2.29. The van der Waals surface area contributed by atoms with Gasteiger partial charge in [-0.3, -0.25) is 4.79 Å². The molecule has 1 aliphatic heterocycles. The molecule has 3 rings (SSSR count). The van der Waals surface area contributed by atoms with E-state index in [1.54, 1.807) is 0 Å². The fourth-order valence-electron chi connectivity index (χ4n) is 2.74. The Morgan fingerprint density at radius 2 is 2.00 bits per heavy atom. The van der Waals surface area contributed by atoms with E-state index in [9.17, 15) is 4.79 Å². The molecule has 1 heterocycles. The summed E-state index contributed by atoms with van der Waals surface area (Å²) in [6.07, 6.45) is 0.622. The molecule has 0 aliphatic carbocycles. The van der Waals surface area contributed by atoms with Crippen LogP contribution in [0.3, 0.4) is 0 Å². The monoisotopic (exact) mass is 297 g/mol. The zero-order chi connectivity index (χ0) is 15.4. The maximum atomic E-state index is 11.0. The molecule has 2 aromatic carbocycles. The van der Waals surface area contributed by atoms with Crippen LogP contribution < -0.4 is 10.1 Å². The van der Waals surface area contributed by atoms with Gasteiger partial charge in [0.1, 0.15) is 12.4 Å². The molecule has 2 N–H and O–H groups in total. The molecule has 0 radical (unpaired) electrons. The van der Waals surface area contributed by atoms with Crippen molar-refractivity contribution in [3.8, 4) is 5.75 Å². The Balaban J connectivity index is 1.64. The lowest BCUT2D eigenvalue weighted by atomic mass is 10.00. The van der Waals surface area contributed by atoms with Crippen molar-refractivity contribution in [2.24, 2.45) is 5.92 Å². The van der Waals surface area contributed by atoms with Gasteiger partial charge in [-0.05, 0) is 29.7 Å². The predicted molar refractivity (Wildman–Crippen MR) is 83.7 cm³/mol. The highest BCUT2D eigenvalue weighted by Gasteiger charge is 2.30. The van der Waals surface area contributed by atoms with E-state index in [0.717, 1.165) is 16.9 Å². The van der Waals surface area contributed by atoms with Crippen molar-refractivity contribution in [3.63, 3.8) is 0 Å². The fraction of sp³-hybridized carbons (Fsp3) is 0.278. The third-order valence-corrected chi connectivity index (χ3v) is 3.99. The normalized spacial score (nSPS) is 20.7. The summed E-state index contributed by atoms with van der Waals surface area (Å²) >= 11 is 0. The number of hydrogen-bond donors (Lipinski definition) is 2. The average molecular weight is 297 g/mol. The molecule has 1 fully saturated rings. The summed E-state index contributed by atoms with van der Waals surface area (Å²) in [5.74, 6) is -0.229. The van der Waals surface area contributed by atoms with E-state index in [1.807, 2.05) is 54.6 Å². The predicted octanol–water partition coefficient (Wildman–Crippen LogP) is 3.00. The molecule has 0 saturated carbocycles. The number of hydrogen-bond acceptors (Lipinski definition) is 3.